The summed E-state index contributed by atoms with van der Waals surface area (Å²) in [5.41, 5.74) is 0.0154. The molecule has 0 amide bonds. The van der Waals surface area contributed by atoms with Crippen molar-refractivity contribution in [1.29, 1.82) is 0 Å². The number of benzene rings is 1. The lowest BCUT2D eigenvalue weighted by atomic mass is 10.1. The molecule has 0 aliphatic heterocycles. The van der Waals surface area contributed by atoms with E-state index in [1.807, 2.05) is 0 Å². The zero-order chi connectivity index (χ0) is 12.3. The molecule has 0 heterocycles. The molecule has 0 spiro atoms. The predicted octanol–water partition coefficient (Wildman–Crippen LogP) is 3.24. The molecule has 0 aromatic heterocycles. The van der Waals surface area contributed by atoms with E-state index < -0.39 is 29.3 Å². The Bertz CT molecular complexity index is 394. The Balaban J connectivity index is 2.95. The van der Waals surface area contributed by atoms with Crippen LogP contribution in [0.3, 0.4) is 0 Å². The molecule has 0 bridgehead atoms. The molecule has 2 nitrogen and oxygen atoms in total. The Labute approximate surface area is 95.0 Å². The first-order valence-electron chi connectivity index (χ1n) is 4.34. The number of rotatable bonds is 4. The Morgan fingerprint density at radius 1 is 1.44 bits per heavy atom. The van der Waals surface area contributed by atoms with Crippen LogP contribution in [0.15, 0.2) is 18.2 Å². The van der Waals surface area contributed by atoms with Gasteiger partial charge in [-0.2, -0.15) is 8.78 Å². The van der Waals surface area contributed by atoms with Gasteiger partial charge in [0.2, 0.25) is 0 Å². The van der Waals surface area contributed by atoms with E-state index in [0.29, 0.717) is 0 Å². The lowest BCUT2D eigenvalue weighted by Crippen LogP contribution is -2.11. The molecule has 1 unspecified atom stereocenters. The lowest BCUT2D eigenvalue weighted by molar-refractivity contribution is -0.0521. The van der Waals surface area contributed by atoms with Gasteiger partial charge in [-0.1, -0.05) is 0 Å². The van der Waals surface area contributed by atoms with E-state index in [-0.39, 0.29) is 5.56 Å². The highest BCUT2D eigenvalue weighted by atomic mass is 35.5. The third-order valence-electron chi connectivity index (χ3n) is 1.79. The zero-order valence-electron chi connectivity index (χ0n) is 8.22. The molecule has 0 aliphatic rings. The molecule has 0 aliphatic carbocycles. The first kappa shape index (κ1) is 12.8. The molecule has 0 saturated heterocycles. The van der Waals surface area contributed by atoms with Crippen molar-refractivity contribution in [2.24, 2.45) is 0 Å². The second-order valence-corrected chi connectivity index (χ2v) is 3.66. The molecule has 1 rings (SSSR count). The van der Waals surface area contributed by atoms with Crippen LogP contribution in [0.1, 0.15) is 17.3 Å². The van der Waals surface area contributed by atoms with Crippen molar-refractivity contribution in [3.63, 3.8) is 0 Å². The summed E-state index contributed by atoms with van der Waals surface area (Å²) in [4.78, 5) is 11.3. The monoisotopic (exact) mass is 252 g/mol. The quantitative estimate of drug-likeness (QED) is 0.607. The van der Waals surface area contributed by atoms with Gasteiger partial charge in [-0.25, -0.2) is 4.39 Å². The number of carbonyl (C=O) groups excluding carboxylic acids is 1. The zero-order valence-corrected chi connectivity index (χ0v) is 8.97. The second kappa shape index (κ2) is 5.21. The fraction of sp³-hybridized carbons (Fsp3) is 0.300. The number of carbonyl (C=O) groups is 1. The summed E-state index contributed by atoms with van der Waals surface area (Å²) in [7, 11) is 0. The van der Waals surface area contributed by atoms with Crippen molar-refractivity contribution >= 4 is 17.4 Å². The Morgan fingerprint density at radius 2 is 2.06 bits per heavy atom. The Morgan fingerprint density at radius 3 is 2.50 bits per heavy atom. The minimum atomic E-state index is -3.11. The van der Waals surface area contributed by atoms with E-state index in [9.17, 15) is 18.0 Å². The van der Waals surface area contributed by atoms with Crippen LogP contribution in [0.4, 0.5) is 13.2 Å². The summed E-state index contributed by atoms with van der Waals surface area (Å²) < 4.78 is 40.7. The molecule has 1 atom stereocenters. The lowest BCUT2D eigenvalue weighted by Gasteiger charge is -2.07. The molecule has 0 radical (unpaired) electrons. The number of halogens is 4. The van der Waals surface area contributed by atoms with Gasteiger partial charge in [0.05, 0.1) is 5.38 Å². The summed E-state index contributed by atoms with van der Waals surface area (Å²) in [6.07, 6.45) is 0. The van der Waals surface area contributed by atoms with Crippen LogP contribution in [0, 0.1) is 5.82 Å². The van der Waals surface area contributed by atoms with Crippen LogP contribution in [0.25, 0.3) is 0 Å². The molecule has 1 aromatic carbocycles. The third kappa shape index (κ3) is 3.13. The van der Waals surface area contributed by atoms with E-state index in [4.69, 9.17) is 11.6 Å². The van der Waals surface area contributed by atoms with Gasteiger partial charge in [0.15, 0.2) is 17.3 Å². The van der Waals surface area contributed by atoms with Crippen LogP contribution < -0.4 is 4.74 Å². The fourth-order valence-electron chi connectivity index (χ4n) is 1.08. The van der Waals surface area contributed by atoms with Gasteiger partial charge in [-0.05, 0) is 25.1 Å². The number of Topliss-reactive ketones (excluding diaryl/α,β-unsaturated/α-hetero) is 1. The first-order chi connectivity index (χ1) is 7.41. The van der Waals surface area contributed by atoms with Crippen LogP contribution in [0.2, 0.25) is 0 Å². The minimum absolute atomic E-state index is 0.0154. The maximum atomic E-state index is 13.2. The van der Waals surface area contributed by atoms with Crippen LogP contribution in [-0.2, 0) is 0 Å². The van der Waals surface area contributed by atoms with E-state index in [1.54, 1.807) is 0 Å². The Hall–Kier alpha value is -1.23. The van der Waals surface area contributed by atoms with Gasteiger partial charge < -0.3 is 4.74 Å². The van der Waals surface area contributed by atoms with Gasteiger partial charge in [0, 0.05) is 5.56 Å². The minimum Gasteiger partial charge on any atom is -0.432 e. The Kier molecular flexibility index (Phi) is 4.18. The standard InChI is InChI=1S/C10H8ClF3O2/c1-5(11)9(15)6-2-3-8(7(12)4-6)16-10(13)14/h2-5,10H,1H3. The molecular formula is C10H8ClF3O2. The fourth-order valence-corrected chi connectivity index (χ4v) is 1.20. The normalized spacial score (nSPS) is 12.6. The largest absolute Gasteiger partial charge is 0.432 e. The predicted molar refractivity (Wildman–Crippen MR) is 52.7 cm³/mol. The number of alkyl halides is 3. The van der Waals surface area contributed by atoms with Gasteiger partial charge in [-0.3, -0.25) is 4.79 Å². The maximum absolute atomic E-state index is 13.2. The topological polar surface area (TPSA) is 26.3 Å². The van der Waals surface area contributed by atoms with Gasteiger partial charge in [0.25, 0.3) is 0 Å². The molecule has 0 N–H and O–H groups in total. The highest BCUT2D eigenvalue weighted by molar-refractivity contribution is 6.33. The third-order valence-corrected chi connectivity index (χ3v) is 1.99. The van der Waals surface area contributed by atoms with Crippen molar-refractivity contribution < 1.29 is 22.7 Å². The van der Waals surface area contributed by atoms with E-state index >= 15 is 0 Å². The molecular weight excluding hydrogens is 245 g/mol. The molecule has 1 aromatic rings. The molecule has 16 heavy (non-hydrogen) atoms. The van der Waals surface area contributed by atoms with Gasteiger partial charge in [-0.15, -0.1) is 11.6 Å². The summed E-state index contributed by atoms with van der Waals surface area (Å²) in [6, 6.07) is 2.97. The molecule has 6 heteroatoms. The van der Waals surface area contributed by atoms with Crippen molar-refractivity contribution in [2.75, 3.05) is 0 Å². The summed E-state index contributed by atoms with van der Waals surface area (Å²) >= 11 is 5.52. The summed E-state index contributed by atoms with van der Waals surface area (Å²) in [5, 5.41) is -0.804. The average Bonchev–Trinajstić information content (AvgIpc) is 2.19. The van der Waals surface area contributed by atoms with Crippen molar-refractivity contribution in [2.45, 2.75) is 18.9 Å². The second-order valence-electron chi connectivity index (χ2n) is 3.00. The van der Waals surface area contributed by atoms with Crippen molar-refractivity contribution in [3.05, 3.63) is 29.6 Å². The van der Waals surface area contributed by atoms with E-state index in [0.717, 1.165) is 12.1 Å². The molecule has 0 saturated carbocycles. The van der Waals surface area contributed by atoms with Crippen molar-refractivity contribution in [1.82, 2.24) is 0 Å². The van der Waals surface area contributed by atoms with Crippen LogP contribution in [-0.4, -0.2) is 17.8 Å². The number of ether oxygens (including phenoxy) is 1. The highest BCUT2D eigenvalue weighted by Gasteiger charge is 2.16. The average molecular weight is 253 g/mol. The molecule has 88 valence electrons. The van der Waals surface area contributed by atoms with Gasteiger partial charge >= 0.3 is 6.61 Å². The first-order valence-corrected chi connectivity index (χ1v) is 4.78. The molecule has 0 fully saturated rings. The van der Waals surface area contributed by atoms with Gasteiger partial charge in [0.1, 0.15) is 0 Å². The SMILES string of the molecule is CC(Cl)C(=O)c1ccc(OC(F)F)c(F)c1. The van der Waals surface area contributed by atoms with E-state index in [1.165, 1.54) is 13.0 Å². The number of hydrogen-bond acceptors (Lipinski definition) is 2. The van der Waals surface area contributed by atoms with Crippen molar-refractivity contribution in [3.8, 4) is 5.75 Å². The number of ketones is 1. The van der Waals surface area contributed by atoms with Crippen LogP contribution in [0.5, 0.6) is 5.75 Å². The smallest absolute Gasteiger partial charge is 0.387 e. The van der Waals surface area contributed by atoms with E-state index in [2.05, 4.69) is 4.74 Å². The van der Waals surface area contributed by atoms with Crippen LogP contribution >= 0.6 is 11.6 Å². The summed E-state index contributed by atoms with van der Waals surface area (Å²) in [5.74, 6) is -2.11. The highest BCUT2D eigenvalue weighted by Crippen LogP contribution is 2.21. The maximum Gasteiger partial charge on any atom is 0.387 e. The number of hydrogen-bond donors (Lipinski definition) is 0. The summed E-state index contributed by atoms with van der Waals surface area (Å²) in [6.45, 7) is -1.67.